The maximum absolute atomic E-state index is 13.3. The number of carbonyl (C=O) groups is 2. The molecule has 6 nitrogen and oxygen atoms in total. The van der Waals surface area contributed by atoms with Crippen molar-refractivity contribution in [2.75, 3.05) is 24.2 Å². The van der Waals surface area contributed by atoms with Crippen LogP contribution in [0.15, 0.2) is 24.4 Å². The van der Waals surface area contributed by atoms with E-state index < -0.39 is 17.6 Å². The summed E-state index contributed by atoms with van der Waals surface area (Å²) >= 11 is 2.21. The molecule has 1 fully saturated rings. The highest BCUT2D eigenvalue weighted by Gasteiger charge is 2.33. The zero-order valence-corrected chi connectivity index (χ0v) is 15.9. The largest absolute Gasteiger partial charge is 0.416 e. The number of amides is 2. The van der Waals surface area contributed by atoms with Crippen LogP contribution in [0.25, 0.3) is 0 Å². The van der Waals surface area contributed by atoms with Gasteiger partial charge < -0.3 is 10.2 Å². The van der Waals surface area contributed by atoms with Crippen molar-refractivity contribution in [2.45, 2.75) is 12.6 Å². The second kappa shape index (κ2) is 8.20. The molecular formula is C17H13F3N4O2S2. The minimum Gasteiger partial charge on any atom is -0.323 e. The summed E-state index contributed by atoms with van der Waals surface area (Å²) in [7, 11) is 0. The molecule has 0 radical (unpaired) electrons. The second-order valence-electron chi connectivity index (χ2n) is 5.87. The van der Waals surface area contributed by atoms with Crippen molar-refractivity contribution >= 4 is 39.4 Å². The van der Waals surface area contributed by atoms with E-state index in [-0.39, 0.29) is 34.5 Å². The average Bonchev–Trinajstić information content (AvgIpc) is 3.23. The maximum atomic E-state index is 13.3. The lowest BCUT2D eigenvalue weighted by Gasteiger charge is -2.13. The predicted octanol–water partition coefficient (Wildman–Crippen LogP) is 3.73. The van der Waals surface area contributed by atoms with Gasteiger partial charge in [-0.3, -0.25) is 9.59 Å². The smallest absolute Gasteiger partial charge is 0.323 e. The number of thioether (sulfide) groups is 1. The first-order valence-electron chi connectivity index (χ1n) is 8.03. The first-order chi connectivity index (χ1) is 13.3. The van der Waals surface area contributed by atoms with Gasteiger partial charge in [-0.1, -0.05) is 17.8 Å². The van der Waals surface area contributed by atoms with Gasteiger partial charge >= 0.3 is 6.18 Å². The van der Waals surface area contributed by atoms with Gasteiger partial charge in [-0.15, -0.1) is 11.3 Å². The normalized spacial score (nSPS) is 14.2. The minimum atomic E-state index is -4.58. The van der Waals surface area contributed by atoms with E-state index in [0.29, 0.717) is 17.2 Å². The van der Waals surface area contributed by atoms with Crippen LogP contribution in [0.2, 0.25) is 0 Å². The SMILES string of the molecule is N#Cc1ccc(Cc2cnc(NC(=O)CN3CCSC3=O)s2)c(C(F)(F)F)c1. The molecule has 146 valence electrons. The number of aromatic nitrogens is 1. The number of nitrogens with one attached hydrogen (secondary N) is 1. The molecular weight excluding hydrogens is 413 g/mol. The molecule has 0 spiro atoms. The van der Waals surface area contributed by atoms with Crippen LogP contribution in [-0.2, 0) is 17.4 Å². The van der Waals surface area contributed by atoms with Crippen molar-refractivity contribution in [2.24, 2.45) is 0 Å². The molecule has 1 aliphatic heterocycles. The fourth-order valence-corrected chi connectivity index (χ4v) is 4.28. The number of hydrogen-bond donors (Lipinski definition) is 1. The molecule has 2 amide bonds. The van der Waals surface area contributed by atoms with E-state index in [1.165, 1.54) is 23.2 Å². The van der Waals surface area contributed by atoms with Crippen LogP contribution >= 0.6 is 23.1 Å². The lowest BCUT2D eigenvalue weighted by Crippen LogP contribution is -2.33. The number of alkyl halides is 3. The summed E-state index contributed by atoms with van der Waals surface area (Å²) < 4.78 is 39.8. The van der Waals surface area contributed by atoms with Gasteiger partial charge in [0.15, 0.2) is 5.13 Å². The molecule has 1 N–H and O–H groups in total. The Balaban J connectivity index is 1.69. The van der Waals surface area contributed by atoms with Crippen LogP contribution in [-0.4, -0.2) is 39.9 Å². The Bertz CT molecular complexity index is 953. The Kier molecular flexibility index (Phi) is 5.90. The number of nitriles is 1. The number of hydrogen-bond acceptors (Lipinski definition) is 6. The van der Waals surface area contributed by atoms with Crippen LogP contribution in [0.5, 0.6) is 0 Å². The number of carbonyl (C=O) groups excluding carboxylic acids is 2. The molecule has 0 atom stereocenters. The summed E-state index contributed by atoms with van der Waals surface area (Å²) in [4.78, 5) is 29.5. The predicted molar refractivity (Wildman–Crippen MR) is 99.1 cm³/mol. The lowest BCUT2D eigenvalue weighted by molar-refractivity contribution is -0.138. The molecule has 11 heteroatoms. The third-order valence-electron chi connectivity index (χ3n) is 3.89. The van der Waals surface area contributed by atoms with Crippen molar-refractivity contribution in [3.8, 4) is 6.07 Å². The molecule has 0 aliphatic carbocycles. The van der Waals surface area contributed by atoms with Crippen LogP contribution in [0, 0.1) is 11.3 Å². The molecule has 1 aliphatic rings. The number of thiazole rings is 1. The Labute approximate surface area is 166 Å². The number of anilines is 1. The summed E-state index contributed by atoms with van der Waals surface area (Å²) in [6.07, 6.45) is -3.21. The molecule has 0 bridgehead atoms. The summed E-state index contributed by atoms with van der Waals surface area (Å²) in [5.41, 5.74) is -0.911. The fraction of sp³-hybridized carbons (Fsp3) is 0.294. The van der Waals surface area contributed by atoms with Gasteiger partial charge in [0.2, 0.25) is 5.91 Å². The van der Waals surface area contributed by atoms with E-state index in [4.69, 9.17) is 5.26 Å². The molecule has 2 heterocycles. The molecule has 3 rings (SSSR count). The quantitative estimate of drug-likeness (QED) is 0.787. The first-order valence-corrected chi connectivity index (χ1v) is 9.83. The number of nitrogens with zero attached hydrogens (tertiary/aromatic N) is 3. The van der Waals surface area contributed by atoms with E-state index in [1.807, 2.05) is 0 Å². The highest BCUT2D eigenvalue weighted by atomic mass is 32.2. The van der Waals surface area contributed by atoms with Crippen molar-refractivity contribution in [3.63, 3.8) is 0 Å². The molecule has 28 heavy (non-hydrogen) atoms. The van der Waals surface area contributed by atoms with Gasteiger partial charge in [0.05, 0.1) is 17.2 Å². The molecule has 0 unspecified atom stereocenters. The highest BCUT2D eigenvalue weighted by Crippen LogP contribution is 2.34. The van der Waals surface area contributed by atoms with Gasteiger partial charge in [0, 0.05) is 29.8 Å². The van der Waals surface area contributed by atoms with Crippen LogP contribution in [0.1, 0.15) is 21.6 Å². The highest BCUT2D eigenvalue weighted by molar-refractivity contribution is 8.13. The van der Waals surface area contributed by atoms with E-state index in [2.05, 4.69) is 10.3 Å². The third-order valence-corrected chi connectivity index (χ3v) is 5.69. The van der Waals surface area contributed by atoms with Crippen LogP contribution < -0.4 is 5.32 Å². The molecule has 2 aromatic rings. The summed E-state index contributed by atoms with van der Waals surface area (Å²) in [6.45, 7) is 0.410. The topological polar surface area (TPSA) is 86.1 Å². The van der Waals surface area contributed by atoms with Gasteiger partial charge in [0.1, 0.15) is 6.54 Å². The van der Waals surface area contributed by atoms with Crippen LogP contribution in [0.4, 0.5) is 23.1 Å². The van der Waals surface area contributed by atoms with Gasteiger partial charge in [-0.2, -0.15) is 18.4 Å². The second-order valence-corrected chi connectivity index (χ2v) is 8.04. The monoisotopic (exact) mass is 426 g/mol. The maximum Gasteiger partial charge on any atom is 0.416 e. The number of rotatable bonds is 5. The summed E-state index contributed by atoms with van der Waals surface area (Å²) in [5, 5.41) is 11.5. The van der Waals surface area contributed by atoms with Crippen molar-refractivity contribution in [3.05, 3.63) is 46.0 Å². The van der Waals surface area contributed by atoms with Crippen molar-refractivity contribution in [1.29, 1.82) is 5.26 Å². The molecule has 1 saturated heterocycles. The molecule has 0 saturated carbocycles. The lowest BCUT2D eigenvalue weighted by atomic mass is 10.0. The van der Waals surface area contributed by atoms with Crippen molar-refractivity contribution < 1.29 is 22.8 Å². The minimum absolute atomic E-state index is 0.0210. The zero-order chi connectivity index (χ0) is 20.3. The van der Waals surface area contributed by atoms with Crippen molar-refractivity contribution in [1.82, 2.24) is 9.88 Å². The zero-order valence-electron chi connectivity index (χ0n) is 14.2. The van der Waals surface area contributed by atoms with E-state index in [9.17, 15) is 22.8 Å². The Morgan fingerprint density at radius 1 is 1.39 bits per heavy atom. The Hall–Kier alpha value is -2.58. The van der Waals surface area contributed by atoms with Crippen LogP contribution in [0.3, 0.4) is 0 Å². The molecule has 1 aromatic carbocycles. The van der Waals surface area contributed by atoms with E-state index in [0.717, 1.165) is 29.2 Å². The van der Waals surface area contributed by atoms with E-state index in [1.54, 1.807) is 6.07 Å². The molecule has 1 aromatic heterocycles. The summed E-state index contributed by atoms with van der Waals surface area (Å²) in [5.74, 6) is 0.228. The number of halogens is 3. The van der Waals surface area contributed by atoms with Gasteiger partial charge in [-0.05, 0) is 17.7 Å². The van der Waals surface area contributed by atoms with Gasteiger partial charge in [0.25, 0.3) is 5.24 Å². The number of benzene rings is 1. The summed E-state index contributed by atoms with van der Waals surface area (Å²) in [6, 6.07) is 5.13. The van der Waals surface area contributed by atoms with E-state index >= 15 is 0 Å². The standard InChI is InChI=1S/C17H13F3N4O2S2/c18-17(19,20)13-5-10(7-21)1-2-11(13)6-12-8-22-15(28-12)23-14(25)9-24-3-4-27-16(24)26/h1-2,5,8H,3-4,6,9H2,(H,22,23,25). The Morgan fingerprint density at radius 3 is 2.82 bits per heavy atom. The fourth-order valence-electron chi connectivity index (χ4n) is 2.60. The first kappa shape index (κ1) is 20.2. The third kappa shape index (κ3) is 4.82. The Morgan fingerprint density at radius 2 is 2.18 bits per heavy atom. The average molecular weight is 426 g/mol. The van der Waals surface area contributed by atoms with Gasteiger partial charge in [-0.25, -0.2) is 4.98 Å².